The van der Waals surface area contributed by atoms with Gasteiger partial charge in [0.05, 0.1) is 6.04 Å². The number of carbonyl (C=O) groups excluding carboxylic acids is 1. The zero-order valence-electron chi connectivity index (χ0n) is 10.9. The number of aromatic nitrogens is 1. The molecule has 1 aromatic heterocycles. The van der Waals surface area contributed by atoms with Crippen molar-refractivity contribution < 1.29 is 17.6 Å². The van der Waals surface area contributed by atoms with Gasteiger partial charge in [-0.2, -0.15) is 4.31 Å². The lowest BCUT2D eigenvalue weighted by atomic mass is 10.0. The van der Waals surface area contributed by atoms with Crippen molar-refractivity contribution in [2.24, 2.45) is 4.99 Å². The number of halogens is 1. The minimum Gasteiger partial charge on any atom is -0.241 e. The lowest BCUT2D eigenvalue weighted by Crippen LogP contribution is -2.46. The first-order chi connectivity index (χ1) is 9.46. The second-order valence-corrected chi connectivity index (χ2v) is 6.46. The Morgan fingerprint density at radius 2 is 2.30 bits per heavy atom. The molecule has 20 heavy (non-hydrogen) atoms. The van der Waals surface area contributed by atoms with Crippen LogP contribution in [0.1, 0.15) is 19.8 Å². The Morgan fingerprint density at radius 3 is 2.90 bits per heavy atom. The number of pyridine rings is 1. The van der Waals surface area contributed by atoms with E-state index in [1.165, 1.54) is 22.6 Å². The summed E-state index contributed by atoms with van der Waals surface area (Å²) in [6.07, 6.45) is 3.54. The average Bonchev–Trinajstić information content (AvgIpc) is 2.39. The Balaban J connectivity index is 2.28. The van der Waals surface area contributed by atoms with E-state index in [-0.39, 0.29) is 18.6 Å². The fourth-order valence-corrected chi connectivity index (χ4v) is 3.98. The van der Waals surface area contributed by atoms with E-state index >= 15 is 0 Å². The summed E-state index contributed by atoms with van der Waals surface area (Å²) in [5.41, 5.74) is 0. The SMILES string of the molecule is CC1CC(N=C=O)CCN1S(=O)(=O)c1ncccc1F. The third-order valence-electron chi connectivity index (χ3n) is 3.30. The highest BCUT2D eigenvalue weighted by molar-refractivity contribution is 7.89. The van der Waals surface area contributed by atoms with Crippen molar-refractivity contribution in [3.8, 4) is 0 Å². The molecule has 0 amide bonds. The number of sulfonamides is 1. The molecular weight excluding hydrogens is 285 g/mol. The summed E-state index contributed by atoms with van der Waals surface area (Å²) >= 11 is 0. The van der Waals surface area contributed by atoms with Gasteiger partial charge in [-0.1, -0.05) is 0 Å². The van der Waals surface area contributed by atoms with Crippen LogP contribution in [0.15, 0.2) is 28.3 Å². The highest BCUT2D eigenvalue weighted by Crippen LogP contribution is 2.26. The van der Waals surface area contributed by atoms with Gasteiger partial charge in [-0.15, -0.1) is 0 Å². The predicted molar refractivity (Wildman–Crippen MR) is 68.7 cm³/mol. The molecule has 0 N–H and O–H groups in total. The van der Waals surface area contributed by atoms with Crippen molar-refractivity contribution >= 4 is 16.1 Å². The first kappa shape index (κ1) is 14.8. The monoisotopic (exact) mass is 299 g/mol. The quantitative estimate of drug-likeness (QED) is 0.618. The van der Waals surface area contributed by atoms with Gasteiger partial charge < -0.3 is 0 Å². The second-order valence-electron chi connectivity index (χ2n) is 4.65. The molecule has 1 aliphatic heterocycles. The number of hydrogen-bond donors (Lipinski definition) is 0. The van der Waals surface area contributed by atoms with Crippen molar-refractivity contribution in [3.63, 3.8) is 0 Å². The third kappa shape index (κ3) is 2.77. The van der Waals surface area contributed by atoms with Crippen molar-refractivity contribution in [2.75, 3.05) is 6.54 Å². The van der Waals surface area contributed by atoms with Crippen molar-refractivity contribution in [3.05, 3.63) is 24.1 Å². The molecule has 0 radical (unpaired) electrons. The van der Waals surface area contributed by atoms with Gasteiger partial charge in [-0.05, 0) is 31.9 Å². The molecule has 108 valence electrons. The maximum absolute atomic E-state index is 13.6. The van der Waals surface area contributed by atoms with Crippen LogP contribution < -0.4 is 0 Å². The minimum atomic E-state index is -3.97. The van der Waals surface area contributed by atoms with Gasteiger partial charge in [0, 0.05) is 18.8 Å². The highest BCUT2D eigenvalue weighted by atomic mass is 32.2. The minimum absolute atomic E-state index is 0.176. The molecule has 0 aliphatic carbocycles. The van der Waals surface area contributed by atoms with Gasteiger partial charge in [0.15, 0.2) is 5.82 Å². The lowest BCUT2D eigenvalue weighted by Gasteiger charge is -2.34. The molecule has 0 saturated carbocycles. The Labute approximate surface area is 116 Å². The summed E-state index contributed by atoms with van der Waals surface area (Å²) in [5.74, 6) is -0.868. The van der Waals surface area contributed by atoms with E-state index in [4.69, 9.17) is 0 Å². The average molecular weight is 299 g/mol. The van der Waals surface area contributed by atoms with Crippen molar-refractivity contribution in [2.45, 2.75) is 36.9 Å². The molecular formula is C12H14FN3O3S. The molecule has 2 unspecified atom stereocenters. The Bertz CT molecular complexity index is 643. The molecule has 0 aromatic carbocycles. The molecule has 2 rings (SSSR count). The van der Waals surface area contributed by atoms with Crippen LogP contribution in [-0.4, -0.2) is 42.4 Å². The van der Waals surface area contributed by atoms with E-state index in [1.807, 2.05) is 0 Å². The highest BCUT2D eigenvalue weighted by Gasteiger charge is 2.36. The zero-order chi connectivity index (χ0) is 14.8. The number of hydrogen-bond acceptors (Lipinski definition) is 5. The number of rotatable bonds is 3. The third-order valence-corrected chi connectivity index (χ3v) is 5.25. The van der Waals surface area contributed by atoms with Crippen LogP contribution >= 0.6 is 0 Å². The summed E-state index contributed by atoms with van der Waals surface area (Å²) < 4.78 is 39.6. The van der Waals surface area contributed by atoms with Gasteiger partial charge in [0.1, 0.15) is 0 Å². The molecule has 1 saturated heterocycles. The van der Waals surface area contributed by atoms with Gasteiger partial charge >= 0.3 is 0 Å². The summed E-state index contributed by atoms with van der Waals surface area (Å²) in [6.45, 7) is 1.88. The summed E-state index contributed by atoms with van der Waals surface area (Å²) in [7, 11) is -3.97. The normalized spacial score (nSPS) is 24.1. The maximum Gasteiger partial charge on any atom is 0.263 e. The van der Waals surface area contributed by atoms with Gasteiger partial charge in [-0.3, -0.25) is 0 Å². The molecule has 2 atom stereocenters. The van der Waals surface area contributed by atoms with E-state index in [1.54, 1.807) is 6.92 Å². The van der Waals surface area contributed by atoms with E-state index in [0.717, 1.165) is 6.07 Å². The first-order valence-corrected chi connectivity index (χ1v) is 7.60. The molecule has 0 spiro atoms. The van der Waals surface area contributed by atoms with Crippen molar-refractivity contribution in [1.82, 2.24) is 9.29 Å². The number of nitrogens with zero attached hydrogens (tertiary/aromatic N) is 3. The van der Waals surface area contributed by atoms with Gasteiger partial charge in [-0.25, -0.2) is 27.6 Å². The Hall–Kier alpha value is -1.63. The van der Waals surface area contributed by atoms with Crippen LogP contribution in [0.2, 0.25) is 0 Å². The smallest absolute Gasteiger partial charge is 0.241 e. The molecule has 0 bridgehead atoms. The van der Waals surface area contributed by atoms with Gasteiger partial charge in [0.2, 0.25) is 11.1 Å². The van der Waals surface area contributed by atoms with E-state index < -0.39 is 20.9 Å². The Kier molecular flexibility index (Phi) is 4.27. The predicted octanol–water partition coefficient (Wildman–Crippen LogP) is 1.10. The van der Waals surface area contributed by atoms with Crippen molar-refractivity contribution in [1.29, 1.82) is 0 Å². The van der Waals surface area contributed by atoms with Crippen LogP contribution in [0, 0.1) is 5.82 Å². The fourth-order valence-electron chi connectivity index (χ4n) is 2.35. The van der Waals surface area contributed by atoms with Crippen LogP contribution in [0.4, 0.5) is 4.39 Å². The molecule has 2 heterocycles. The topological polar surface area (TPSA) is 79.7 Å². The van der Waals surface area contributed by atoms with Crippen LogP contribution in [0.3, 0.4) is 0 Å². The molecule has 1 aliphatic rings. The van der Waals surface area contributed by atoms with E-state index in [9.17, 15) is 17.6 Å². The Morgan fingerprint density at radius 1 is 1.55 bits per heavy atom. The van der Waals surface area contributed by atoms with E-state index in [0.29, 0.717) is 12.8 Å². The lowest BCUT2D eigenvalue weighted by molar-refractivity contribution is 0.246. The van der Waals surface area contributed by atoms with E-state index in [2.05, 4.69) is 9.98 Å². The van der Waals surface area contributed by atoms with Crippen LogP contribution in [0.5, 0.6) is 0 Å². The zero-order valence-corrected chi connectivity index (χ0v) is 11.7. The number of piperidine rings is 1. The summed E-state index contributed by atoms with van der Waals surface area (Å²) in [5, 5.41) is -0.566. The fraction of sp³-hybridized carbons (Fsp3) is 0.500. The second kappa shape index (κ2) is 5.78. The standard InChI is InChI=1S/C12H14FN3O3S/c1-9-7-10(15-8-17)4-6-16(9)20(18,19)12-11(13)3-2-5-14-12/h2-3,5,9-10H,4,6-7H2,1H3. The summed E-state index contributed by atoms with van der Waals surface area (Å²) in [4.78, 5) is 17.5. The van der Waals surface area contributed by atoms with Crippen LogP contribution in [-0.2, 0) is 14.8 Å². The summed E-state index contributed by atoms with van der Waals surface area (Å²) in [6, 6.07) is 1.79. The molecule has 6 nitrogen and oxygen atoms in total. The number of isocyanates is 1. The van der Waals surface area contributed by atoms with Gasteiger partial charge in [0.25, 0.3) is 10.0 Å². The molecule has 1 fully saturated rings. The van der Waals surface area contributed by atoms with Crippen LogP contribution in [0.25, 0.3) is 0 Å². The largest absolute Gasteiger partial charge is 0.263 e. The number of aliphatic imine (C=N–C) groups is 1. The molecule has 8 heteroatoms. The maximum atomic E-state index is 13.6. The first-order valence-electron chi connectivity index (χ1n) is 6.16. The molecule has 1 aromatic rings.